The van der Waals surface area contributed by atoms with Crippen LogP contribution in [0.4, 0.5) is 13.2 Å². The van der Waals surface area contributed by atoms with Crippen molar-refractivity contribution in [3.63, 3.8) is 0 Å². The van der Waals surface area contributed by atoms with Gasteiger partial charge in [0.25, 0.3) is 0 Å². The molecular weight excluding hydrogens is 445 g/mol. The number of carbonyl (C=O) groups is 1. The molecule has 0 bridgehead atoms. The van der Waals surface area contributed by atoms with Crippen molar-refractivity contribution in [3.8, 4) is 5.75 Å². The quantitative estimate of drug-likeness (QED) is 0.337. The number of alkyl halides is 3. The first-order chi connectivity index (χ1) is 15.9. The molecule has 9 heteroatoms. The minimum Gasteiger partial charge on any atom is -0.493 e. The van der Waals surface area contributed by atoms with Crippen molar-refractivity contribution >= 4 is 11.7 Å². The molecule has 1 unspecified atom stereocenters. The highest BCUT2D eigenvalue weighted by atomic mass is 19.4. The van der Waals surface area contributed by atoms with Gasteiger partial charge in [0, 0.05) is 31.6 Å². The van der Waals surface area contributed by atoms with Crippen LogP contribution in [0.1, 0.15) is 69.9 Å². The van der Waals surface area contributed by atoms with Gasteiger partial charge in [0.05, 0.1) is 23.9 Å². The third-order valence-corrected chi connectivity index (χ3v) is 6.92. The zero-order chi connectivity index (χ0) is 25.1. The highest BCUT2D eigenvalue weighted by Gasteiger charge is 2.37. The van der Waals surface area contributed by atoms with Gasteiger partial charge in [0.1, 0.15) is 5.75 Å². The Bertz CT molecular complexity index is 874. The van der Waals surface area contributed by atoms with E-state index in [4.69, 9.17) is 15.9 Å². The fourth-order valence-electron chi connectivity index (χ4n) is 4.86. The Morgan fingerprint density at radius 2 is 1.82 bits per heavy atom. The first-order valence-corrected chi connectivity index (χ1v) is 12.1. The van der Waals surface area contributed by atoms with Crippen LogP contribution in [0.15, 0.2) is 18.2 Å². The van der Waals surface area contributed by atoms with Gasteiger partial charge < -0.3 is 15.4 Å². The number of amidine groups is 1. The van der Waals surface area contributed by atoms with Gasteiger partial charge in [-0.05, 0) is 76.6 Å². The van der Waals surface area contributed by atoms with E-state index in [1.54, 1.807) is 0 Å². The zero-order valence-corrected chi connectivity index (χ0v) is 20.4. The topological polar surface area (TPSA) is 82.7 Å². The number of benzene rings is 1. The summed E-state index contributed by atoms with van der Waals surface area (Å²) in [6.45, 7) is 9.57. The molecule has 0 aliphatic carbocycles. The van der Waals surface area contributed by atoms with Gasteiger partial charge >= 0.3 is 6.18 Å². The average molecular weight is 483 g/mol. The van der Waals surface area contributed by atoms with E-state index in [-0.39, 0.29) is 41.5 Å². The molecule has 6 nitrogen and oxygen atoms in total. The highest BCUT2D eigenvalue weighted by Crippen LogP contribution is 2.39. The van der Waals surface area contributed by atoms with Crippen LogP contribution in [0.3, 0.4) is 0 Å². The maximum Gasteiger partial charge on any atom is 0.416 e. The fourth-order valence-corrected chi connectivity index (χ4v) is 4.86. The Morgan fingerprint density at radius 1 is 1.15 bits per heavy atom. The molecule has 3 rings (SSSR count). The molecule has 1 amide bonds. The lowest BCUT2D eigenvalue weighted by molar-refractivity contribution is -0.138. The predicted molar refractivity (Wildman–Crippen MR) is 126 cm³/mol. The maximum atomic E-state index is 13.3. The smallest absolute Gasteiger partial charge is 0.416 e. The summed E-state index contributed by atoms with van der Waals surface area (Å²) in [5, 5.41) is 7.29. The van der Waals surface area contributed by atoms with Gasteiger partial charge in [-0.3, -0.25) is 15.1 Å². The normalized spacial score (nSPS) is 20.5. The summed E-state index contributed by atoms with van der Waals surface area (Å²) in [4.78, 5) is 17.4. The Labute approximate surface area is 200 Å². The number of ether oxygens (including phenoxy) is 1. The fraction of sp³-hybridized carbons (Fsp3) is 0.680. The van der Waals surface area contributed by atoms with Crippen LogP contribution < -0.4 is 10.5 Å². The number of hydrogen-bond donors (Lipinski definition) is 2. The van der Waals surface area contributed by atoms with E-state index in [1.165, 1.54) is 6.07 Å². The number of nitrogens with two attached hydrogens (primary N) is 1. The van der Waals surface area contributed by atoms with Crippen molar-refractivity contribution in [3.05, 3.63) is 29.3 Å². The summed E-state index contributed by atoms with van der Waals surface area (Å²) < 4.78 is 45.6. The number of hydrogen-bond acceptors (Lipinski definition) is 4. The molecule has 2 saturated heterocycles. The molecule has 1 aromatic rings. The molecular formula is C25H37F3N4O2. The van der Waals surface area contributed by atoms with Crippen LogP contribution >= 0.6 is 0 Å². The minimum atomic E-state index is -4.45. The van der Waals surface area contributed by atoms with E-state index in [2.05, 4.69) is 25.7 Å². The second-order valence-corrected chi connectivity index (χ2v) is 10.4. The number of rotatable bonds is 7. The molecule has 2 fully saturated rings. The van der Waals surface area contributed by atoms with Crippen molar-refractivity contribution in [1.29, 1.82) is 5.41 Å². The first-order valence-electron chi connectivity index (χ1n) is 12.1. The zero-order valence-electron chi connectivity index (χ0n) is 20.4. The van der Waals surface area contributed by atoms with E-state index < -0.39 is 11.7 Å². The Hall–Kier alpha value is -2.29. The number of carbonyl (C=O) groups excluding carboxylic acids is 1. The molecule has 2 heterocycles. The summed E-state index contributed by atoms with van der Waals surface area (Å²) in [6, 6.07) is 3.69. The Kier molecular flexibility index (Phi) is 8.16. The summed E-state index contributed by atoms with van der Waals surface area (Å²) in [5.74, 6) is 0.502. The average Bonchev–Trinajstić information content (AvgIpc) is 3.26. The van der Waals surface area contributed by atoms with Crippen LogP contribution in [0.25, 0.3) is 0 Å². The van der Waals surface area contributed by atoms with Crippen molar-refractivity contribution in [2.24, 2.45) is 11.7 Å². The molecule has 3 N–H and O–H groups in total. The Balaban J connectivity index is 1.64. The minimum absolute atomic E-state index is 0.0158. The number of likely N-dealkylation sites (tertiary alicyclic amines) is 2. The molecule has 2 aliphatic heterocycles. The molecule has 34 heavy (non-hydrogen) atoms. The highest BCUT2D eigenvalue weighted by molar-refractivity contribution is 5.79. The molecule has 1 atom stereocenters. The maximum absolute atomic E-state index is 13.3. The largest absolute Gasteiger partial charge is 0.493 e. The predicted octanol–water partition coefficient (Wildman–Crippen LogP) is 4.63. The van der Waals surface area contributed by atoms with Gasteiger partial charge in [-0.2, -0.15) is 13.2 Å². The third-order valence-electron chi connectivity index (χ3n) is 6.92. The number of piperidine rings is 1. The van der Waals surface area contributed by atoms with Crippen LogP contribution in [0, 0.1) is 11.3 Å². The lowest BCUT2D eigenvalue weighted by Gasteiger charge is -2.35. The van der Waals surface area contributed by atoms with Crippen LogP contribution in [-0.2, 0) is 11.0 Å². The van der Waals surface area contributed by atoms with E-state index in [9.17, 15) is 18.0 Å². The monoisotopic (exact) mass is 482 g/mol. The van der Waals surface area contributed by atoms with Crippen molar-refractivity contribution in [2.75, 3.05) is 32.8 Å². The standard InChI is InChI=1S/C25H37F3N4O2/c1-24(2,3)32-13-10-18(16-32)23(33)31-11-8-17(9-12-31)20-7-6-19(25(26,27)28)15-21(20)34-14-4-5-22(29)30/h6-7,15,17-18H,4-5,8-14,16H2,1-3H3,(H3,29,30). The van der Waals surface area contributed by atoms with Crippen molar-refractivity contribution < 1.29 is 22.7 Å². The lowest BCUT2D eigenvalue weighted by Crippen LogP contribution is -2.44. The molecule has 190 valence electrons. The lowest BCUT2D eigenvalue weighted by atomic mass is 9.87. The van der Waals surface area contributed by atoms with Crippen molar-refractivity contribution in [2.45, 2.75) is 70.5 Å². The van der Waals surface area contributed by atoms with Gasteiger partial charge in [-0.25, -0.2) is 0 Å². The van der Waals surface area contributed by atoms with Crippen LogP contribution in [0.5, 0.6) is 5.75 Å². The second kappa shape index (κ2) is 10.5. The third kappa shape index (κ3) is 6.64. The van der Waals surface area contributed by atoms with E-state index in [1.807, 2.05) is 4.90 Å². The second-order valence-electron chi connectivity index (χ2n) is 10.4. The molecule has 0 aromatic heterocycles. The number of nitrogens with one attached hydrogen (secondary N) is 1. The van der Waals surface area contributed by atoms with Gasteiger partial charge in [-0.1, -0.05) is 6.07 Å². The van der Waals surface area contributed by atoms with E-state index >= 15 is 0 Å². The molecule has 0 saturated carbocycles. The van der Waals surface area contributed by atoms with E-state index in [0.29, 0.717) is 38.8 Å². The number of halogens is 3. The van der Waals surface area contributed by atoms with Crippen molar-refractivity contribution in [1.82, 2.24) is 9.80 Å². The first kappa shape index (κ1) is 26.3. The molecule has 1 aromatic carbocycles. The number of amides is 1. The molecule has 0 radical (unpaired) electrons. The Morgan fingerprint density at radius 3 is 2.38 bits per heavy atom. The number of nitrogens with zero attached hydrogens (tertiary/aromatic N) is 2. The van der Waals surface area contributed by atoms with Crippen LogP contribution in [0.2, 0.25) is 0 Å². The van der Waals surface area contributed by atoms with Gasteiger partial charge in [-0.15, -0.1) is 0 Å². The summed E-state index contributed by atoms with van der Waals surface area (Å²) in [7, 11) is 0. The summed E-state index contributed by atoms with van der Waals surface area (Å²) in [6.07, 6.45) is -1.40. The molecule has 0 spiro atoms. The van der Waals surface area contributed by atoms with E-state index in [0.717, 1.165) is 37.2 Å². The summed E-state index contributed by atoms with van der Waals surface area (Å²) in [5.41, 5.74) is 5.41. The SMILES string of the molecule is CC(C)(C)N1CCC(C(=O)N2CCC(c3ccc(C(F)(F)F)cc3OCCCC(=N)N)CC2)C1. The summed E-state index contributed by atoms with van der Waals surface area (Å²) >= 11 is 0. The van der Waals surface area contributed by atoms with Gasteiger partial charge in [0.15, 0.2) is 0 Å². The van der Waals surface area contributed by atoms with Crippen LogP contribution in [-0.4, -0.2) is 59.9 Å². The molecule has 2 aliphatic rings. The van der Waals surface area contributed by atoms with Gasteiger partial charge in [0.2, 0.25) is 5.91 Å².